The van der Waals surface area contributed by atoms with Crippen molar-refractivity contribution in [3.8, 4) is 0 Å². The van der Waals surface area contributed by atoms with Crippen molar-refractivity contribution in [2.75, 3.05) is 29.4 Å². The fourth-order valence-corrected chi connectivity index (χ4v) is 2.97. The zero-order chi connectivity index (χ0) is 12.8. The van der Waals surface area contributed by atoms with Gasteiger partial charge in [-0.05, 0) is 18.6 Å². The van der Waals surface area contributed by atoms with Crippen LogP contribution in [0.3, 0.4) is 0 Å². The Kier molecular flexibility index (Phi) is 5.03. The molecule has 1 fully saturated rings. The van der Waals surface area contributed by atoms with E-state index in [0.29, 0.717) is 24.3 Å². The van der Waals surface area contributed by atoms with Crippen molar-refractivity contribution >= 4 is 23.4 Å². The topological polar surface area (TPSA) is 85.1 Å². The van der Waals surface area contributed by atoms with Crippen molar-refractivity contribution in [1.29, 1.82) is 0 Å². The molecule has 2 heterocycles. The third-order valence-electron chi connectivity index (χ3n) is 2.71. The first kappa shape index (κ1) is 13.4. The van der Waals surface area contributed by atoms with Gasteiger partial charge in [-0.1, -0.05) is 0 Å². The minimum absolute atomic E-state index is 0.379. The number of anilines is 2. The van der Waals surface area contributed by atoms with Crippen LogP contribution in [0, 0.1) is 0 Å². The fraction of sp³-hybridized carbons (Fsp3) is 0.636. The van der Waals surface area contributed by atoms with Crippen LogP contribution in [-0.4, -0.2) is 34.6 Å². The first-order valence-corrected chi connectivity index (χ1v) is 7.15. The summed E-state index contributed by atoms with van der Waals surface area (Å²) in [5, 5.41) is 3.43. The predicted molar refractivity (Wildman–Crippen MR) is 74.5 cm³/mol. The standard InChI is InChI=1S/C11H19N5OS/c1-17-6-11-14-9(5-10(15-11)16-12)13-8-3-2-4-18-7-8/h5,8H,2-4,6-7,12H2,1H3,(H2,13,14,15,16). The van der Waals surface area contributed by atoms with Crippen LogP contribution in [0.25, 0.3) is 0 Å². The monoisotopic (exact) mass is 269 g/mol. The van der Waals surface area contributed by atoms with Gasteiger partial charge in [0.15, 0.2) is 5.82 Å². The van der Waals surface area contributed by atoms with E-state index in [-0.39, 0.29) is 0 Å². The van der Waals surface area contributed by atoms with Crippen LogP contribution in [0.1, 0.15) is 18.7 Å². The summed E-state index contributed by atoms with van der Waals surface area (Å²) in [6.07, 6.45) is 2.43. The molecule has 6 nitrogen and oxygen atoms in total. The molecule has 1 aromatic heterocycles. The highest BCUT2D eigenvalue weighted by molar-refractivity contribution is 7.99. The van der Waals surface area contributed by atoms with Gasteiger partial charge in [0, 0.05) is 25.0 Å². The first-order valence-electron chi connectivity index (χ1n) is 5.99. The lowest BCUT2D eigenvalue weighted by molar-refractivity contribution is 0.178. The zero-order valence-electron chi connectivity index (χ0n) is 10.5. The second kappa shape index (κ2) is 6.77. The molecule has 1 unspecified atom stereocenters. The number of nitrogens with one attached hydrogen (secondary N) is 2. The van der Waals surface area contributed by atoms with E-state index >= 15 is 0 Å². The number of nitrogens with two attached hydrogens (primary N) is 1. The minimum Gasteiger partial charge on any atom is -0.377 e. The highest BCUT2D eigenvalue weighted by Gasteiger charge is 2.14. The quantitative estimate of drug-likeness (QED) is 0.547. The molecule has 0 radical (unpaired) electrons. The summed E-state index contributed by atoms with van der Waals surface area (Å²) in [5.41, 5.74) is 2.55. The molecule has 18 heavy (non-hydrogen) atoms. The third-order valence-corrected chi connectivity index (χ3v) is 3.92. The molecular formula is C11H19N5OS. The maximum atomic E-state index is 5.40. The van der Waals surface area contributed by atoms with Crippen molar-refractivity contribution < 1.29 is 4.74 Å². The molecule has 7 heteroatoms. The smallest absolute Gasteiger partial charge is 0.158 e. The average Bonchev–Trinajstić information content (AvgIpc) is 2.40. The lowest BCUT2D eigenvalue weighted by atomic mass is 10.2. The number of aromatic nitrogens is 2. The summed E-state index contributed by atoms with van der Waals surface area (Å²) >= 11 is 1.98. The maximum Gasteiger partial charge on any atom is 0.158 e. The van der Waals surface area contributed by atoms with Crippen molar-refractivity contribution in [1.82, 2.24) is 9.97 Å². The number of methoxy groups -OCH3 is 1. The van der Waals surface area contributed by atoms with Gasteiger partial charge in [-0.2, -0.15) is 11.8 Å². The lowest BCUT2D eigenvalue weighted by Gasteiger charge is -2.23. The van der Waals surface area contributed by atoms with Crippen LogP contribution in [0.4, 0.5) is 11.6 Å². The van der Waals surface area contributed by atoms with Crippen molar-refractivity contribution in [2.24, 2.45) is 5.84 Å². The van der Waals surface area contributed by atoms with Gasteiger partial charge >= 0.3 is 0 Å². The molecule has 0 bridgehead atoms. The van der Waals surface area contributed by atoms with Crippen LogP contribution in [-0.2, 0) is 11.3 Å². The summed E-state index contributed by atoms with van der Waals surface area (Å²) in [5.74, 6) is 9.81. The lowest BCUT2D eigenvalue weighted by Crippen LogP contribution is -2.26. The van der Waals surface area contributed by atoms with E-state index < -0.39 is 0 Å². The number of nitrogens with zero attached hydrogens (tertiary/aromatic N) is 2. The van der Waals surface area contributed by atoms with Crippen molar-refractivity contribution in [3.05, 3.63) is 11.9 Å². The molecule has 0 amide bonds. The fourth-order valence-electron chi connectivity index (χ4n) is 1.90. The number of nitrogen functional groups attached to an aromatic ring is 1. The van der Waals surface area contributed by atoms with Crippen LogP contribution < -0.4 is 16.6 Å². The molecule has 0 aliphatic carbocycles. The Balaban J connectivity index is 2.07. The summed E-state index contributed by atoms with van der Waals surface area (Å²) in [4.78, 5) is 8.63. The number of ether oxygens (including phenoxy) is 1. The van der Waals surface area contributed by atoms with Gasteiger partial charge in [0.25, 0.3) is 0 Å². The molecule has 1 atom stereocenters. The number of hydrogen-bond acceptors (Lipinski definition) is 7. The van der Waals surface area contributed by atoms with Gasteiger partial charge in [0.2, 0.25) is 0 Å². The Morgan fingerprint density at radius 1 is 1.50 bits per heavy atom. The molecule has 100 valence electrons. The number of hydrazine groups is 1. The number of rotatable bonds is 5. The summed E-state index contributed by atoms with van der Waals surface area (Å²) < 4.78 is 5.05. The molecule has 4 N–H and O–H groups in total. The molecular weight excluding hydrogens is 250 g/mol. The normalized spacial score (nSPS) is 19.6. The molecule has 2 rings (SSSR count). The van der Waals surface area contributed by atoms with Gasteiger partial charge in [0.05, 0.1) is 0 Å². The first-order chi connectivity index (χ1) is 8.81. The molecule has 0 spiro atoms. The minimum atomic E-state index is 0.379. The van der Waals surface area contributed by atoms with Crippen molar-refractivity contribution in [2.45, 2.75) is 25.5 Å². The van der Waals surface area contributed by atoms with E-state index in [2.05, 4.69) is 20.7 Å². The van der Waals surface area contributed by atoms with Crippen LogP contribution in [0.2, 0.25) is 0 Å². The summed E-state index contributed by atoms with van der Waals surface area (Å²) in [7, 11) is 1.62. The van der Waals surface area contributed by atoms with Crippen molar-refractivity contribution in [3.63, 3.8) is 0 Å². The molecule has 0 aromatic carbocycles. The Morgan fingerprint density at radius 2 is 2.33 bits per heavy atom. The molecule has 1 saturated heterocycles. The molecule has 0 saturated carbocycles. The average molecular weight is 269 g/mol. The number of thioether (sulfide) groups is 1. The number of hydrogen-bond donors (Lipinski definition) is 3. The molecule has 1 aliphatic heterocycles. The van der Waals surface area contributed by atoms with E-state index in [0.717, 1.165) is 11.6 Å². The molecule has 1 aromatic rings. The summed E-state index contributed by atoms with van der Waals surface area (Å²) in [6, 6.07) is 2.29. The van der Waals surface area contributed by atoms with E-state index in [4.69, 9.17) is 10.6 Å². The van der Waals surface area contributed by atoms with E-state index in [1.165, 1.54) is 18.6 Å². The van der Waals surface area contributed by atoms with Crippen LogP contribution >= 0.6 is 11.8 Å². The van der Waals surface area contributed by atoms with Gasteiger partial charge in [0.1, 0.15) is 18.2 Å². The predicted octanol–water partition coefficient (Wildman–Crippen LogP) is 1.22. The SMILES string of the molecule is COCc1nc(NN)cc(NC2CCCSC2)n1. The van der Waals surface area contributed by atoms with E-state index in [1.54, 1.807) is 7.11 Å². The Labute approximate surface area is 111 Å². The third kappa shape index (κ3) is 3.72. The van der Waals surface area contributed by atoms with Gasteiger partial charge < -0.3 is 15.5 Å². The Bertz CT molecular complexity index is 384. The van der Waals surface area contributed by atoms with Gasteiger partial charge in [-0.25, -0.2) is 15.8 Å². The highest BCUT2D eigenvalue weighted by Crippen LogP contribution is 2.21. The van der Waals surface area contributed by atoms with E-state index in [1.807, 2.05) is 17.8 Å². The van der Waals surface area contributed by atoms with Gasteiger partial charge in [-0.15, -0.1) is 0 Å². The maximum absolute atomic E-state index is 5.40. The van der Waals surface area contributed by atoms with E-state index in [9.17, 15) is 0 Å². The largest absolute Gasteiger partial charge is 0.377 e. The Hall–Kier alpha value is -1.05. The second-order valence-corrected chi connectivity index (χ2v) is 5.34. The van der Waals surface area contributed by atoms with Crippen LogP contribution in [0.15, 0.2) is 6.07 Å². The highest BCUT2D eigenvalue weighted by atomic mass is 32.2. The summed E-state index contributed by atoms with van der Waals surface area (Å²) in [6.45, 7) is 0.379. The van der Waals surface area contributed by atoms with Gasteiger partial charge in [-0.3, -0.25) is 0 Å². The molecule has 1 aliphatic rings. The van der Waals surface area contributed by atoms with Crippen LogP contribution in [0.5, 0.6) is 0 Å². The Morgan fingerprint density at radius 3 is 3.00 bits per heavy atom. The zero-order valence-corrected chi connectivity index (χ0v) is 11.3. The second-order valence-electron chi connectivity index (χ2n) is 4.19.